The van der Waals surface area contributed by atoms with Gasteiger partial charge in [0.15, 0.2) is 0 Å². The maximum Gasteiger partial charge on any atom is 0.283 e. The fraction of sp³-hybridized carbons (Fsp3) is 0.333. The van der Waals surface area contributed by atoms with Crippen LogP contribution in [0.15, 0.2) is 59.5 Å². The molecule has 0 amide bonds. The fourth-order valence-corrected chi connectivity index (χ4v) is 6.17. The van der Waals surface area contributed by atoms with Crippen molar-refractivity contribution in [1.29, 1.82) is 0 Å². The van der Waals surface area contributed by atoms with E-state index in [1.807, 2.05) is 37.3 Å². The lowest BCUT2D eigenvalue weighted by molar-refractivity contribution is -0.130. The van der Waals surface area contributed by atoms with Crippen LogP contribution >= 0.6 is 0 Å². The number of carbonyl (C=O) groups is 1. The fourth-order valence-electron chi connectivity index (χ4n) is 4.81. The van der Waals surface area contributed by atoms with Crippen LogP contribution in [0.2, 0.25) is 0 Å². The van der Waals surface area contributed by atoms with Crippen LogP contribution in [-0.2, 0) is 21.2 Å². The molecule has 3 aromatic rings. The summed E-state index contributed by atoms with van der Waals surface area (Å²) in [6, 6.07) is 16.0. The largest absolute Gasteiger partial charge is 0.389 e. The van der Waals surface area contributed by atoms with Crippen LogP contribution in [0.5, 0.6) is 0 Å². The minimum atomic E-state index is -3.96. The van der Waals surface area contributed by atoms with Gasteiger partial charge in [-0.2, -0.15) is 17.6 Å². The number of hydrogen-bond donors (Lipinski definition) is 1. The van der Waals surface area contributed by atoms with Crippen molar-refractivity contribution in [3.8, 4) is 0 Å². The topological polar surface area (TPSA) is 89.3 Å². The summed E-state index contributed by atoms with van der Waals surface area (Å²) in [6.07, 6.45) is 0.0157. The van der Waals surface area contributed by atoms with Crippen LogP contribution < -0.4 is 0 Å². The number of aromatic nitrogens is 2. The van der Waals surface area contributed by atoms with Gasteiger partial charge in [-0.1, -0.05) is 48.0 Å². The summed E-state index contributed by atoms with van der Waals surface area (Å²) >= 11 is 0. The third-order valence-electron chi connectivity index (χ3n) is 6.16. The molecule has 31 heavy (non-hydrogen) atoms. The van der Waals surface area contributed by atoms with E-state index in [4.69, 9.17) is 0 Å². The minimum Gasteiger partial charge on any atom is -0.389 e. The molecule has 0 saturated carbocycles. The summed E-state index contributed by atoms with van der Waals surface area (Å²) in [4.78, 5) is 12.8. The number of aryl methyl sites for hydroxylation is 2. The summed E-state index contributed by atoms with van der Waals surface area (Å²) in [5, 5.41) is 15.7. The second kappa shape index (κ2) is 7.43. The van der Waals surface area contributed by atoms with Gasteiger partial charge in [-0.3, -0.25) is 4.79 Å². The summed E-state index contributed by atoms with van der Waals surface area (Å²) in [7, 11) is -3.96. The second-order valence-electron chi connectivity index (χ2n) is 8.62. The van der Waals surface area contributed by atoms with E-state index in [0.717, 1.165) is 15.2 Å². The molecule has 0 bridgehead atoms. The Morgan fingerprint density at radius 2 is 1.71 bits per heavy atom. The normalized spacial score (nSPS) is 23.4. The van der Waals surface area contributed by atoms with Gasteiger partial charge >= 0.3 is 0 Å². The van der Waals surface area contributed by atoms with E-state index >= 15 is 0 Å². The van der Waals surface area contributed by atoms with Crippen LogP contribution in [0.3, 0.4) is 0 Å². The maximum absolute atomic E-state index is 13.5. The summed E-state index contributed by atoms with van der Waals surface area (Å²) < 4.78 is 27.9. The number of Topliss-reactive ketones (excluding diaryl/α,β-unsaturated/α-hetero) is 1. The zero-order chi connectivity index (χ0) is 22.6. The van der Waals surface area contributed by atoms with Crippen molar-refractivity contribution in [2.45, 2.75) is 50.5 Å². The number of hydrogen-bond acceptors (Lipinski definition) is 5. The zero-order valence-corrected chi connectivity index (χ0v) is 18.8. The van der Waals surface area contributed by atoms with Gasteiger partial charge in [-0.15, -0.1) is 0 Å². The molecule has 1 N–H and O–H groups in total. The van der Waals surface area contributed by atoms with E-state index in [-0.39, 0.29) is 17.1 Å². The standard InChI is InChI=1S/C24H26N2O4S/c1-15-10-12-19(13-11-15)31(29,30)26-20-14-24(4,28)23(17(3)27)22(21(20)16(2)25-26)18-8-6-5-7-9-18/h5-13,22-23,28H,14H2,1-4H3. The summed E-state index contributed by atoms with van der Waals surface area (Å²) in [5.41, 5.74) is 2.05. The van der Waals surface area contributed by atoms with E-state index < -0.39 is 27.5 Å². The van der Waals surface area contributed by atoms with Crippen LogP contribution in [0, 0.1) is 19.8 Å². The molecular weight excluding hydrogens is 412 g/mol. The molecule has 0 saturated heterocycles. The van der Waals surface area contributed by atoms with Gasteiger partial charge in [0.25, 0.3) is 10.0 Å². The smallest absolute Gasteiger partial charge is 0.283 e. The van der Waals surface area contributed by atoms with E-state index in [2.05, 4.69) is 5.10 Å². The van der Waals surface area contributed by atoms with Gasteiger partial charge in [0.1, 0.15) is 5.78 Å². The summed E-state index contributed by atoms with van der Waals surface area (Å²) in [6.45, 7) is 6.72. The predicted octanol–water partition coefficient (Wildman–Crippen LogP) is 3.38. The first-order chi connectivity index (χ1) is 14.5. The Hall–Kier alpha value is -2.77. The molecule has 3 unspecified atom stereocenters. The highest BCUT2D eigenvalue weighted by atomic mass is 32.2. The monoisotopic (exact) mass is 438 g/mol. The predicted molar refractivity (Wildman–Crippen MR) is 118 cm³/mol. The number of fused-ring (bicyclic) bond motifs is 1. The molecule has 1 heterocycles. The second-order valence-corrected chi connectivity index (χ2v) is 10.4. The van der Waals surface area contributed by atoms with Crippen LogP contribution in [0.1, 0.15) is 47.8 Å². The SMILES string of the molecule is CC(=O)C1C(c2ccccc2)c2c(C)nn(S(=O)(=O)c3ccc(C)cc3)c2CC1(C)O. The highest BCUT2D eigenvalue weighted by Crippen LogP contribution is 2.47. The Balaban J connectivity index is 1.98. The molecule has 3 atom stereocenters. The van der Waals surface area contributed by atoms with Gasteiger partial charge < -0.3 is 5.11 Å². The van der Waals surface area contributed by atoms with Gasteiger partial charge in [-0.05, 0) is 45.4 Å². The van der Waals surface area contributed by atoms with Gasteiger partial charge in [0.05, 0.1) is 27.8 Å². The molecule has 6 nitrogen and oxygen atoms in total. The molecule has 0 spiro atoms. The number of carbonyl (C=O) groups excluding carboxylic acids is 1. The van der Waals surface area contributed by atoms with Crippen molar-refractivity contribution < 1.29 is 18.3 Å². The van der Waals surface area contributed by atoms with Crippen molar-refractivity contribution in [1.82, 2.24) is 9.19 Å². The molecule has 1 aromatic heterocycles. The molecule has 4 rings (SSSR count). The maximum atomic E-state index is 13.5. The number of aliphatic hydroxyl groups is 1. The van der Waals surface area contributed by atoms with E-state index in [1.165, 1.54) is 6.92 Å². The lowest BCUT2D eigenvalue weighted by Crippen LogP contribution is -2.48. The molecule has 162 valence electrons. The number of ketones is 1. The van der Waals surface area contributed by atoms with E-state index in [1.54, 1.807) is 38.1 Å². The molecule has 0 fully saturated rings. The third-order valence-corrected chi connectivity index (χ3v) is 7.78. The van der Waals surface area contributed by atoms with Crippen LogP contribution in [0.4, 0.5) is 0 Å². The molecule has 0 radical (unpaired) electrons. The lowest BCUT2D eigenvalue weighted by atomic mass is 9.64. The Morgan fingerprint density at radius 3 is 2.29 bits per heavy atom. The number of nitrogens with zero attached hydrogens (tertiary/aromatic N) is 2. The molecule has 7 heteroatoms. The number of rotatable bonds is 4. The highest BCUT2D eigenvalue weighted by Gasteiger charge is 2.50. The van der Waals surface area contributed by atoms with Crippen molar-refractivity contribution in [3.05, 3.63) is 82.7 Å². The summed E-state index contributed by atoms with van der Waals surface area (Å²) in [5.74, 6) is -1.33. The van der Waals surface area contributed by atoms with Crippen LogP contribution in [-0.4, -0.2) is 34.1 Å². The van der Waals surface area contributed by atoms with E-state index in [0.29, 0.717) is 17.0 Å². The molecule has 1 aliphatic carbocycles. The van der Waals surface area contributed by atoms with Crippen molar-refractivity contribution in [3.63, 3.8) is 0 Å². The Bertz CT molecular complexity index is 1240. The number of benzene rings is 2. The molecular formula is C24H26N2O4S. The Morgan fingerprint density at radius 1 is 1.10 bits per heavy atom. The van der Waals surface area contributed by atoms with Crippen LogP contribution in [0.25, 0.3) is 0 Å². The minimum absolute atomic E-state index is 0.0157. The first kappa shape index (κ1) is 21.5. The Kier molecular flexibility index (Phi) is 5.14. The van der Waals surface area contributed by atoms with Crippen molar-refractivity contribution in [2.75, 3.05) is 0 Å². The first-order valence-electron chi connectivity index (χ1n) is 10.2. The van der Waals surface area contributed by atoms with Crippen molar-refractivity contribution >= 4 is 15.8 Å². The molecule has 0 aliphatic heterocycles. The van der Waals surface area contributed by atoms with Gasteiger partial charge in [0, 0.05) is 17.9 Å². The van der Waals surface area contributed by atoms with E-state index in [9.17, 15) is 18.3 Å². The zero-order valence-electron chi connectivity index (χ0n) is 18.0. The van der Waals surface area contributed by atoms with Crippen molar-refractivity contribution in [2.24, 2.45) is 5.92 Å². The lowest BCUT2D eigenvalue weighted by Gasteiger charge is -2.41. The molecule has 2 aromatic carbocycles. The average molecular weight is 439 g/mol. The molecule has 1 aliphatic rings. The quantitative estimate of drug-likeness (QED) is 0.675. The van der Waals surface area contributed by atoms with Gasteiger partial charge in [0.2, 0.25) is 0 Å². The third kappa shape index (κ3) is 3.51. The van der Waals surface area contributed by atoms with Gasteiger partial charge in [-0.25, -0.2) is 0 Å². The highest BCUT2D eigenvalue weighted by molar-refractivity contribution is 7.89. The average Bonchev–Trinajstić information content (AvgIpc) is 3.03. The Labute approximate surface area is 182 Å². The first-order valence-corrected chi connectivity index (χ1v) is 11.7.